The van der Waals surface area contributed by atoms with Crippen LogP contribution in [0, 0.1) is 0 Å². The number of hydrogen-bond acceptors (Lipinski definition) is 5. The van der Waals surface area contributed by atoms with Crippen LogP contribution in [-0.2, 0) is 12.1 Å². The Labute approximate surface area is 187 Å². The van der Waals surface area contributed by atoms with E-state index in [1.165, 1.54) is 27.9 Å². The van der Waals surface area contributed by atoms with E-state index in [1.807, 2.05) is 37.6 Å². The summed E-state index contributed by atoms with van der Waals surface area (Å²) in [6, 6.07) is 15.1. The third kappa shape index (κ3) is 5.35. The number of halogens is 1. The molecule has 0 bridgehead atoms. The largest absolute Gasteiger partial charge is 0.385 e. The maximum Gasteiger partial charge on any atom is 0.0868 e. The average Bonchev–Trinajstić information content (AvgIpc) is 3.20. The molecule has 0 aliphatic heterocycles. The van der Waals surface area contributed by atoms with Gasteiger partial charge in [-0.2, -0.15) is 4.37 Å². The monoisotopic (exact) mass is 441 g/mol. The standard InChI is InChI=1S/C24H27N3OS.ClH/c1-17(26-14-18-5-6-20-15-25-11-9-19(20)12-18)4-3-10-24(2,28)22-7-8-23-21(13-22)16-27-29-23;/h5-9,11-13,15-17,26,28H,3-4,10,14H2,1-2H3;1H/t17-,24?;/m1./s1. The molecule has 2 N–H and O–H groups in total. The second-order valence-corrected chi connectivity index (χ2v) is 8.92. The van der Waals surface area contributed by atoms with Crippen LogP contribution < -0.4 is 5.32 Å². The molecule has 0 fully saturated rings. The van der Waals surface area contributed by atoms with Crippen LogP contribution in [0.25, 0.3) is 20.9 Å². The van der Waals surface area contributed by atoms with Gasteiger partial charge in [0.05, 0.1) is 10.3 Å². The Morgan fingerprint density at radius 3 is 2.80 bits per heavy atom. The predicted octanol–water partition coefficient (Wildman–Crippen LogP) is 5.82. The summed E-state index contributed by atoms with van der Waals surface area (Å²) in [6.07, 6.45) is 8.33. The summed E-state index contributed by atoms with van der Waals surface area (Å²) in [4.78, 5) is 4.17. The molecule has 0 aliphatic rings. The van der Waals surface area contributed by atoms with E-state index < -0.39 is 5.60 Å². The number of hydrogen-bond donors (Lipinski definition) is 2. The van der Waals surface area contributed by atoms with E-state index >= 15 is 0 Å². The van der Waals surface area contributed by atoms with Crippen molar-refractivity contribution >= 4 is 44.8 Å². The van der Waals surface area contributed by atoms with Gasteiger partial charge in [-0.05, 0) is 85.4 Å². The van der Waals surface area contributed by atoms with Crippen LogP contribution in [0.3, 0.4) is 0 Å². The summed E-state index contributed by atoms with van der Waals surface area (Å²) in [7, 11) is 0. The lowest BCUT2D eigenvalue weighted by Crippen LogP contribution is -2.27. The van der Waals surface area contributed by atoms with E-state index in [4.69, 9.17) is 0 Å². The highest BCUT2D eigenvalue weighted by Crippen LogP contribution is 2.30. The van der Waals surface area contributed by atoms with Crippen molar-refractivity contribution in [3.8, 4) is 0 Å². The van der Waals surface area contributed by atoms with Crippen LogP contribution in [-0.4, -0.2) is 20.5 Å². The van der Waals surface area contributed by atoms with E-state index in [1.54, 1.807) is 0 Å². The first-order valence-corrected chi connectivity index (χ1v) is 10.9. The quantitative estimate of drug-likeness (QED) is 0.361. The number of fused-ring (bicyclic) bond motifs is 2. The van der Waals surface area contributed by atoms with Gasteiger partial charge in [-0.3, -0.25) is 4.98 Å². The fourth-order valence-corrected chi connectivity index (χ4v) is 4.37. The Hall–Kier alpha value is -2.05. The molecule has 4 nitrogen and oxygen atoms in total. The molecule has 2 atom stereocenters. The number of pyridine rings is 1. The number of rotatable bonds is 8. The van der Waals surface area contributed by atoms with Crippen LogP contribution in [0.1, 0.15) is 44.2 Å². The third-order valence-electron chi connectivity index (χ3n) is 5.63. The molecular weight excluding hydrogens is 414 g/mol. The Bertz CT molecular complexity index is 1110. The Kier molecular flexibility index (Phi) is 7.42. The number of aliphatic hydroxyl groups is 1. The molecule has 4 rings (SSSR count). The summed E-state index contributed by atoms with van der Waals surface area (Å²) in [5.41, 5.74) is 1.43. The van der Waals surface area contributed by atoms with Crippen molar-refractivity contribution in [1.29, 1.82) is 0 Å². The van der Waals surface area contributed by atoms with E-state index in [9.17, 15) is 5.11 Å². The van der Waals surface area contributed by atoms with Crippen molar-refractivity contribution < 1.29 is 5.11 Å². The molecule has 0 saturated carbocycles. The Balaban J connectivity index is 0.00000256. The average molecular weight is 442 g/mol. The zero-order chi connectivity index (χ0) is 20.3. The molecule has 2 heterocycles. The number of benzene rings is 2. The minimum absolute atomic E-state index is 0. The van der Waals surface area contributed by atoms with Gasteiger partial charge in [0.25, 0.3) is 0 Å². The van der Waals surface area contributed by atoms with Gasteiger partial charge in [0.1, 0.15) is 0 Å². The smallest absolute Gasteiger partial charge is 0.0868 e. The molecular formula is C24H28ClN3OS. The lowest BCUT2D eigenvalue weighted by Gasteiger charge is -2.25. The van der Waals surface area contributed by atoms with Gasteiger partial charge < -0.3 is 10.4 Å². The summed E-state index contributed by atoms with van der Waals surface area (Å²) in [6.45, 7) is 4.97. The van der Waals surface area contributed by atoms with Crippen molar-refractivity contribution in [1.82, 2.24) is 14.7 Å². The van der Waals surface area contributed by atoms with Crippen molar-refractivity contribution in [2.45, 2.75) is 51.3 Å². The van der Waals surface area contributed by atoms with E-state index in [0.29, 0.717) is 6.04 Å². The second kappa shape index (κ2) is 9.84. The Morgan fingerprint density at radius 2 is 1.93 bits per heavy atom. The molecule has 4 aromatic rings. The molecule has 0 saturated heterocycles. The predicted molar refractivity (Wildman–Crippen MR) is 128 cm³/mol. The van der Waals surface area contributed by atoms with E-state index in [0.717, 1.165) is 41.5 Å². The molecule has 0 radical (unpaired) electrons. The zero-order valence-electron chi connectivity index (χ0n) is 17.3. The molecule has 2 aromatic carbocycles. The first-order chi connectivity index (χ1) is 14.0. The molecule has 0 amide bonds. The fourth-order valence-electron chi connectivity index (χ4n) is 3.74. The minimum atomic E-state index is -0.817. The molecule has 0 aliphatic carbocycles. The number of nitrogens with one attached hydrogen (secondary N) is 1. The van der Waals surface area contributed by atoms with Gasteiger partial charge >= 0.3 is 0 Å². The van der Waals surface area contributed by atoms with Gasteiger partial charge in [-0.1, -0.05) is 18.2 Å². The lowest BCUT2D eigenvalue weighted by molar-refractivity contribution is 0.0445. The maximum absolute atomic E-state index is 11.0. The van der Waals surface area contributed by atoms with Gasteiger partial charge in [0, 0.05) is 41.9 Å². The molecule has 30 heavy (non-hydrogen) atoms. The van der Waals surface area contributed by atoms with Crippen molar-refractivity contribution in [2.24, 2.45) is 0 Å². The van der Waals surface area contributed by atoms with Gasteiger partial charge in [0.2, 0.25) is 0 Å². The van der Waals surface area contributed by atoms with Crippen molar-refractivity contribution in [3.63, 3.8) is 0 Å². The summed E-state index contributed by atoms with van der Waals surface area (Å²) < 4.78 is 5.38. The third-order valence-corrected chi connectivity index (χ3v) is 6.41. The second-order valence-electron chi connectivity index (χ2n) is 8.08. The Morgan fingerprint density at radius 1 is 1.07 bits per heavy atom. The first kappa shape index (κ1) is 22.6. The highest BCUT2D eigenvalue weighted by atomic mass is 35.5. The first-order valence-electron chi connectivity index (χ1n) is 10.1. The van der Waals surface area contributed by atoms with Crippen LogP contribution in [0.2, 0.25) is 0 Å². The highest BCUT2D eigenvalue weighted by Gasteiger charge is 2.23. The topological polar surface area (TPSA) is 58.0 Å². The van der Waals surface area contributed by atoms with E-state index in [2.05, 4.69) is 51.9 Å². The normalized spacial score (nSPS) is 14.4. The molecule has 6 heteroatoms. The summed E-state index contributed by atoms with van der Waals surface area (Å²) in [5, 5.41) is 18.1. The highest BCUT2D eigenvalue weighted by molar-refractivity contribution is 7.13. The van der Waals surface area contributed by atoms with E-state index in [-0.39, 0.29) is 12.4 Å². The SMILES string of the molecule is C[C@H](CCCC(C)(O)c1ccc2sncc2c1)NCc1ccc2cnccc2c1.Cl. The van der Waals surface area contributed by atoms with Gasteiger partial charge in [0.15, 0.2) is 0 Å². The minimum Gasteiger partial charge on any atom is -0.385 e. The zero-order valence-corrected chi connectivity index (χ0v) is 19.0. The van der Waals surface area contributed by atoms with Gasteiger partial charge in [-0.25, -0.2) is 0 Å². The number of nitrogens with zero attached hydrogens (tertiary/aromatic N) is 2. The fraction of sp³-hybridized carbons (Fsp3) is 0.333. The van der Waals surface area contributed by atoms with Gasteiger partial charge in [-0.15, -0.1) is 12.4 Å². The summed E-state index contributed by atoms with van der Waals surface area (Å²) >= 11 is 1.49. The van der Waals surface area contributed by atoms with Crippen molar-refractivity contribution in [2.75, 3.05) is 0 Å². The molecule has 0 spiro atoms. The molecule has 158 valence electrons. The lowest BCUT2D eigenvalue weighted by atomic mass is 9.89. The van der Waals surface area contributed by atoms with Crippen LogP contribution in [0.5, 0.6) is 0 Å². The molecule has 1 unspecified atom stereocenters. The van der Waals surface area contributed by atoms with Crippen LogP contribution >= 0.6 is 23.9 Å². The van der Waals surface area contributed by atoms with Crippen LogP contribution in [0.4, 0.5) is 0 Å². The summed E-state index contributed by atoms with van der Waals surface area (Å²) in [5.74, 6) is 0. The van der Waals surface area contributed by atoms with Crippen LogP contribution in [0.15, 0.2) is 61.1 Å². The van der Waals surface area contributed by atoms with Crippen molar-refractivity contribution in [3.05, 3.63) is 72.2 Å². The maximum atomic E-state index is 11.0. The molecule has 2 aromatic heterocycles. The number of aromatic nitrogens is 2.